The number of carbonyl (C=O) groups is 4. The lowest BCUT2D eigenvalue weighted by molar-refractivity contribution is -0.172. The number of aryl methyl sites for hydroxylation is 1. The van der Waals surface area contributed by atoms with Gasteiger partial charge in [-0.3, -0.25) is 14.5 Å². The van der Waals surface area contributed by atoms with Gasteiger partial charge in [-0.1, -0.05) is 24.3 Å². The Bertz CT molecular complexity index is 1490. The van der Waals surface area contributed by atoms with Gasteiger partial charge in [0, 0.05) is 13.5 Å². The minimum Gasteiger partial charge on any atom is -0.495 e. The summed E-state index contributed by atoms with van der Waals surface area (Å²) in [6.45, 7) is 3.61. The Labute approximate surface area is 250 Å². The summed E-state index contributed by atoms with van der Waals surface area (Å²) in [5.41, 5.74) is 8.68. The minimum atomic E-state index is -1.05. The molecule has 226 valence electrons. The molecule has 0 radical (unpaired) electrons. The summed E-state index contributed by atoms with van der Waals surface area (Å²) in [5.74, 6) is -0.487. The van der Waals surface area contributed by atoms with E-state index in [4.69, 9.17) is 24.7 Å². The molecule has 1 heterocycles. The highest BCUT2D eigenvalue weighted by Crippen LogP contribution is 2.36. The molecular weight excluding hydrogens is 554 g/mol. The maximum absolute atomic E-state index is 13.6. The monoisotopic (exact) mass is 589 g/mol. The molecule has 2 N–H and O–H groups in total. The first-order valence-electron chi connectivity index (χ1n) is 13.8. The first kappa shape index (κ1) is 30.9. The molecule has 43 heavy (non-hydrogen) atoms. The number of likely N-dealkylation sites (tertiary alicyclic amines) is 1. The first-order valence-corrected chi connectivity index (χ1v) is 13.8. The second-order valence-corrected chi connectivity index (χ2v) is 10.1. The first-order chi connectivity index (χ1) is 20.6. The number of anilines is 2. The Kier molecular flexibility index (Phi) is 9.87. The van der Waals surface area contributed by atoms with E-state index in [0.29, 0.717) is 53.4 Å². The minimum absolute atomic E-state index is 0.0364. The average Bonchev–Trinajstić information content (AvgIpc) is 3.48. The van der Waals surface area contributed by atoms with E-state index in [1.807, 2.05) is 25.1 Å². The molecule has 2 atom stereocenters. The maximum Gasteiger partial charge on any atom is 0.337 e. The molecule has 0 saturated carbocycles. The van der Waals surface area contributed by atoms with Crippen molar-refractivity contribution < 1.29 is 38.1 Å². The molecule has 1 saturated heterocycles. The van der Waals surface area contributed by atoms with Crippen LogP contribution in [-0.2, 0) is 25.5 Å². The number of rotatable bonds is 10. The molecule has 0 aliphatic carbocycles. The zero-order valence-electron chi connectivity index (χ0n) is 24.6. The summed E-state index contributed by atoms with van der Waals surface area (Å²) >= 11 is 0. The van der Waals surface area contributed by atoms with Gasteiger partial charge in [-0.15, -0.1) is 0 Å². The van der Waals surface area contributed by atoms with E-state index in [9.17, 15) is 19.2 Å². The standard InChI is InChI=1S/C32H35N3O8/c1-20-8-5-6-9-25(20)35(32(33)39)26-16-11-22(18-28(26)40-3)19-29(37)34-17-7-10-27(34)31(42-21(2)36)43-24-14-12-23(13-15-24)30(38)41-4/h5-6,8-9,11-16,18,27,31H,7,10,17,19H2,1-4H3,(H2,33,39)/t27-,31?/m0/s1. The Hall–Kier alpha value is -5.06. The van der Waals surface area contributed by atoms with Crippen LogP contribution in [-0.4, -0.2) is 61.9 Å². The smallest absolute Gasteiger partial charge is 0.337 e. The summed E-state index contributed by atoms with van der Waals surface area (Å²) in [4.78, 5) is 52.8. The zero-order chi connectivity index (χ0) is 31.1. The number of carbonyl (C=O) groups excluding carboxylic acids is 4. The molecule has 0 bridgehead atoms. The van der Waals surface area contributed by atoms with Crippen LogP contribution in [0.15, 0.2) is 66.7 Å². The zero-order valence-corrected chi connectivity index (χ0v) is 24.6. The van der Waals surface area contributed by atoms with Crippen LogP contribution in [0.25, 0.3) is 0 Å². The van der Waals surface area contributed by atoms with Gasteiger partial charge in [0.25, 0.3) is 6.29 Å². The molecule has 1 aliphatic heterocycles. The maximum atomic E-state index is 13.6. The fourth-order valence-corrected chi connectivity index (χ4v) is 5.13. The van der Waals surface area contributed by atoms with Crippen LogP contribution in [0.5, 0.6) is 11.5 Å². The van der Waals surface area contributed by atoms with E-state index >= 15 is 0 Å². The summed E-state index contributed by atoms with van der Waals surface area (Å²) in [5, 5.41) is 0. The second-order valence-electron chi connectivity index (χ2n) is 10.1. The van der Waals surface area contributed by atoms with Crippen molar-refractivity contribution in [2.75, 3.05) is 25.7 Å². The van der Waals surface area contributed by atoms with Crippen molar-refractivity contribution in [3.05, 3.63) is 83.4 Å². The van der Waals surface area contributed by atoms with Crippen LogP contribution in [0.3, 0.4) is 0 Å². The number of urea groups is 1. The summed E-state index contributed by atoms with van der Waals surface area (Å²) in [6, 6.07) is 17.5. The van der Waals surface area contributed by atoms with E-state index in [-0.39, 0.29) is 12.3 Å². The predicted molar refractivity (Wildman–Crippen MR) is 158 cm³/mol. The number of para-hydroxylation sites is 1. The Morgan fingerprint density at radius 3 is 2.35 bits per heavy atom. The Balaban J connectivity index is 1.53. The third kappa shape index (κ3) is 7.24. The highest BCUT2D eigenvalue weighted by Gasteiger charge is 2.38. The largest absolute Gasteiger partial charge is 0.495 e. The van der Waals surface area contributed by atoms with Gasteiger partial charge < -0.3 is 29.6 Å². The number of benzene rings is 3. The van der Waals surface area contributed by atoms with Crippen LogP contribution >= 0.6 is 0 Å². The van der Waals surface area contributed by atoms with Crippen LogP contribution in [0.4, 0.5) is 16.2 Å². The highest BCUT2D eigenvalue weighted by molar-refractivity contribution is 6.00. The van der Waals surface area contributed by atoms with Crippen molar-refractivity contribution in [3.63, 3.8) is 0 Å². The molecule has 4 rings (SSSR count). The fourth-order valence-electron chi connectivity index (χ4n) is 5.13. The molecule has 1 unspecified atom stereocenters. The lowest BCUT2D eigenvalue weighted by Gasteiger charge is -2.31. The molecule has 3 aromatic carbocycles. The van der Waals surface area contributed by atoms with Gasteiger partial charge in [0.15, 0.2) is 0 Å². The number of nitrogens with two attached hydrogens (primary N) is 1. The molecule has 11 heteroatoms. The van der Waals surface area contributed by atoms with Gasteiger partial charge in [0.1, 0.15) is 17.5 Å². The van der Waals surface area contributed by atoms with E-state index in [2.05, 4.69) is 0 Å². The third-order valence-electron chi connectivity index (χ3n) is 7.16. The van der Waals surface area contributed by atoms with Crippen LogP contribution < -0.4 is 20.1 Å². The third-order valence-corrected chi connectivity index (χ3v) is 7.16. The van der Waals surface area contributed by atoms with Crippen molar-refractivity contribution in [2.45, 2.75) is 45.4 Å². The van der Waals surface area contributed by atoms with E-state index in [1.165, 1.54) is 26.0 Å². The Morgan fingerprint density at radius 1 is 1.00 bits per heavy atom. The number of esters is 2. The summed E-state index contributed by atoms with van der Waals surface area (Å²) < 4.78 is 21.8. The molecule has 1 aliphatic rings. The Morgan fingerprint density at radius 2 is 1.72 bits per heavy atom. The quantitative estimate of drug-likeness (QED) is 0.269. The van der Waals surface area contributed by atoms with Crippen LogP contribution in [0.1, 0.15) is 41.3 Å². The number of ether oxygens (including phenoxy) is 4. The van der Waals surface area contributed by atoms with E-state index in [1.54, 1.807) is 53.4 Å². The van der Waals surface area contributed by atoms with Crippen LogP contribution in [0, 0.1) is 6.92 Å². The summed E-state index contributed by atoms with van der Waals surface area (Å²) in [7, 11) is 2.78. The van der Waals surface area contributed by atoms with Gasteiger partial charge in [0.2, 0.25) is 5.91 Å². The number of hydrogen-bond donors (Lipinski definition) is 1. The van der Waals surface area contributed by atoms with Gasteiger partial charge in [-0.25, -0.2) is 9.59 Å². The molecule has 0 spiro atoms. The molecule has 1 fully saturated rings. The lowest BCUT2D eigenvalue weighted by Crippen LogP contribution is -2.47. The number of amides is 3. The molecule has 0 aromatic heterocycles. The molecular formula is C32H35N3O8. The summed E-state index contributed by atoms with van der Waals surface area (Å²) in [6.07, 6.45) is 0.249. The fraction of sp³-hybridized carbons (Fsp3) is 0.312. The normalized spacial score (nSPS) is 14.9. The number of methoxy groups -OCH3 is 2. The van der Waals surface area contributed by atoms with Crippen molar-refractivity contribution in [1.82, 2.24) is 4.90 Å². The molecule has 3 aromatic rings. The van der Waals surface area contributed by atoms with Crippen molar-refractivity contribution in [2.24, 2.45) is 5.73 Å². The van der Waals surface area contributed by atoms with E-state index in [0.717, 1.165) is 5.56 Å². The predicted octanol–water partition coefficient (Wildman–Crippen LogP) is 4.51. The molecule has 11 nitrogen and oxygen atoms in total. The van der Waals surface area contributed by atoms with Gasteiger partial charge in [0.05, 0.1) is 37.6 Å². The van der Waals surface area contributed by atoms with Crippen LogP contribution in [0.2, 0.25) is 0 Å². The lowest BCUT2D eigenvalue weighted by atomic mass is 10.1. The van der Waals surface area contributed by atoms with Gasteiger partial charge in [-0.2, -0.15) is 0 Å². The van der Waals surface area contributed by atoms with Gasteiger partial charge >= 0.3 is 18.0 Å². The van der Waals surface area contributed by atoms with Crippen molar-refractivity contribution in [1.29, 1.82) is 0 Å². The number of nitrogens with zero attached hydrogens (tertiary/aromatic N) is 2. The highest BCUT2D eigenvalue weighted by atomic mass is 16.7. The number of hydrogen-bond acceptors (Lipinski definition) is 8. The van der Waals surface area contributed by atoms with E-state index < -0.39 is 30.3 Å². The second kappa shape index (κ2) is 13.7. The average molecular weight is 590 g/mol. The van der Waals surface area contributed by atoms with Crippen molar-refractivity contribution in [3.8, 4) is 11.5 Å². The van der Waals surface area contributed by atoms with Gasteiger partial charge in [-0.05, 0) is 73.4 Å². The SMILES string of the molecule is COC(=O)c1ccc(OC(OC(C)=O)[C@@H]2CCCN2C(=O)Cc2ccc(N(C(N)=O)c3ccccc3C)c(OC)c2)cc1. The topological polar surface area (TPSA) is 138 Å². The number of primary amides is 1. The van der Waals surface area contributed by atoms with Crippen molar-refractivity contribution >= 4 is 35.3 Å². The molecule has 3 amide bonds.